The summed E-state index contributed by atoms with van der Waals surface area (Å²) in [6.45, 7) is 1.89. The molecule has 0 aliphatic rings. The molecule has 0 radical (unpaired) electrons. The van der Waals surface area contributed by atoms with E-state index in [4.69, 9.17) is 4.42 Å². The van der Waals surface area contributed by atoms with Gasteiger partial charge in [0.2, 0.25) is 0 Å². The standard InChI is InChI=1S/C7H7N3O/c1-5-6(2-3-11-5)7-8-4-9-10-7/h2-4H,1H3,(H,8,9,10). The van der Waals surface area contributed by atoms with Crippen LogP contribution < -0.4 is 0 Å². The Morgan fingerprint density at radius 3 is 3.00 bits per heavy atom. The smallest absolute Gasteiger partial charge is 0.158 e. The van der Waals surface area contributed by atoms with E-state index in [9.17, 15) is 0 Å². The van der Waals surface area contributed by atoms with Crippen molar-refractivity contribution in [1.82, 2.24) is 15.2 Å². The van der Waals surface area contributed by atoms with Gasteiger partial charge >= 0.3 is 0 Å². The van der Waals surface area contributed by atoms with Crippen LogP contribution in [0.25, 0.3) is 11.4 Å². The largest absolute Gasteiger partial charge is 0.469 e. The van der Waals surface area contributed by atoms with Crippen molar-refractivity contribution >= 4 is 0 Å². The number of nitrogens with one attached hydrogen (secondary N) is 1. The van der Waals surface area contributed by atoms with Gasteiger partial charge in [0, 0.05) is 0 Å². The summed E-state index contributed by atoms with van der Waals surface area (Å²) in [5, 5.41) is 6.50. The Balaban J connectivity index is 2.53. The van der Waals surface area contributed by atoms with Crippen molar-refractivity contribution in [1.29, 1.82) is 0 Å². The zero-order chi connectivity index (χ0) is 7.68. The lowest BCUT2D eigenvalue weighted by Gasteiger charge is -1.88. The third-order valence-corrected chi connectivity index (χ3v) is 1.53. The number of nitrogens with zero attached hydrogens (tertiary/aromatic N) is 2. The van der Waals surface area contributed by atoms with Gasteiger partial charge < -0.3 is 4.42 Å². The highest BCUT2D eigenvalue weighted by Crippen LogP contribution is 2.18. The van der Waals surface area contributed by atoms with E-state index in [-0.39, 0.29) is 0 Å². The number of rotatable bonds is 1. The van der Waals surface area contributed by atoms with Crippen LogP contribution in [0.2, 0.25) is 0 Å². The first-order valence-corrected chi connectivity index (χ1v) is 3.28. The first-order valence-electron chi connectivity index (χ1n) is 3.28. The van der Waals surface area contributed by atoms with Gasteiger partial charge in [0.05, 0.1) is 11.8 Å². The summed E-state index contributed by atoms with van der Waals surface area (Å²) in [5.74, 6) is 1.60. The van der Waals surface area contributed by atoms with Gasteiger partial charge in [-0.15, -0.1) is 0 Å². The molecule has 0 bridgehead atoms. The molecule has 0 saturated carbocycles. The number of H-pyrrole nitrogens is 1. The molecule has 2 aromatic heterocycles. The lowest BCUT2D eigenvalue weighted by molar-refractivity contribution is 0.535. The number of hydrogen-bond donors (Lipinski definition) is 1. The van der Waals surface area contributed by atoms with Crippen LogP contribution in [-0.4, -0.2) is 15.2 Å². The van der Waals surface area contributed by atoms with Gasteiger partial charge in [-0.25, -0.2) is 4.98 Å². The van der Waals surface area contributed by atoms with E-state index >= 15 is 0 Å². The van der Waals surface area contributed by atoms with Crippen molar-refractivity contribution in [3.05, 3.63) is 24.4 Å². The summed E-state index contributed by atoms with van der Waals surface area (Å²) in [6.07, 6.45) is 3.11. The minimum atomic E-state index is 0.747. The fourth-order valence-electron chi connectivity index (χ4n) is 0.966. The molecule has 4 heteroatoms. The highest BCUT2D eigenvalue weighted by atomic mass is 16.3. The molecule has 56 valence electrons. The van der Waals surface area contributed by atoms with Gasteiger partial charge in [-0.1, -0.05) is 0 Å². The second-order valence-corrected chi connectivity index (χ2v) is 2.22. The van der Waals surface area contributed by atoms with Gasteiger partial charge in [0.15, 0.2) is 5.82 Å². The molecule has 11 heavy (non-hydrogen) atoms. The van der Waals surface area contributed by atoms with E-state index in [1.54, 1.807) is 6.26 Å². The predicted molar refractivity (Wildman–Crippen MR) is 38.8 cm³/mol. The van der Waals surface area contributed by atoms with Crippen LogP contribution in [0.15, 0.2) is 23.1 Å². The summed E-state index contributed by atoms with van der Waals surface area (Å²) in [4.78, 5) is 3.99. The summed E-state index contributed by atoms with van der Waals surface area (Å²) >= 11 is 0. The van der Waals surface area contributed by atoms with Gasteiger partial charge in [-0.3, -0.25) is 5.10 Å². The summed E-state index contributed by atoms with van der Waals surface area (Å²) in [7, 11) is 0. The maximum Gasteiger partial charge on any atom is 0.158 e. The van der Waals surface area contributed by atoms with Gasteiger partial charge in [-0.2, -0.15) is 5.10 Å². The number of hydrogen-bond acceptors (Lipinski definition) is 3. The molecule has 2 aromatic rings. The summed E-state index contributed by atoms with van der Waals surface area (Å²) in [6, 6.07) is 1.86. The molecular formula is C7H7N3O. The highest BCUT2D eigenvalue weighted by molar-refractivity contribution is 5.55. The van der Waals surface area contributed by atoms with E-state index in [1.165, 1.54) is 6.33 Å². The fourth-order valence-corrected chi connectivity index (χ4v) is 0.966. The molecule has 2 rings (SSSR count). The van der Waals surface area contributed by atoms with Crippen LogP contribution in [0.3, 0.4) is 0 Å². The summed E-state index contributed by atoms with van der Waals surface area (Å²) < 4.78 is 5.10. The van der Waals surface area contributed by atoms with Gasteiger partial charge in [0.25, 0.3) is 0 Å². The second-order valence-electron chi connectivity index (χ2n) is 2.22. The average Bonchev–Trinajstić information content (AvgIpc) is 2.55. The first-order chi connectivity index (χ1) is 5.38. The Labute approximate surface area is 63.3 Å². The van der Waals surface area contributed by atoms with E-state index < -0.39 is 0 Å². The van der Waals surface area contributed by atoms with Crippen LogP contribution in [-0.2, 0) is 0 Å². The average molecular weight is 149 g/mol. The monoisotopic (exact) mass is 149 g/mol. The first kappa shape index (κ1) is 6.15. The number of aromatic nitrogens is 3. The highest BCUT2D eigenvalue weighted by Gasteiger charge is 2.05. The van der Waals surface area contributed by atoms with Crippen molar-refractivity contribution < 1.29 is 4.42 Å². The third kappa shape index (κ3) is 0.920. The molecule has 0 atom stereocenters. The Morgan fingerprint density at radius 1 is 1.55 bits per heavy atom. The topological polar surface area (TPSA) is 54.7 Å². The maximum absolute atomic E-state index is 5.10. The minimum absolute atomic E-state index is 0.747. The normalized spacial score (nSPS) is 10.3. The quantitative estimate of drug-likeness (QED) is 0.666. The van der Waals surface area contributed by atoms with Gasteiger partial charge in [0.1, 0.15) is 12.1 Å². The molecule has 0 amide bonds. The molecule has 0 aromatic carbocycles. The van der Waals surface area contributed by atoms with Crippen molar-refractivity contribution in [3.8, 4) is 11.4 Å². The molecule has 0 unspecified atom stereocenters. The molecule has 0 aliphatic heterocycles. The Hall–Kier alpha value is -1.58. The lowest BCUT2D eigenvalue weighted by atomic mass is 10.2. The SMILES string of the molecule is Cc1occc1-c1ncn[nH]1. The van der Waals surface area contributed by atoms with Crippen LogP contribution in [0.5, 0.6) is 0 Å². The van der Waals surface area contributed by atoms with E-state index in [0.29, 0.717) is 0 Å². The van der Waals surface area contributed by atoms with Crippen molar-refractivity contribution in [2.45, 2.75) is 6.92 Å². The van der Waals surface area contributed by atoms with E-state index in [2.05, 4.69) is 15.2 Å². The van der Waals surface area contributed by atoms with Crippen LogP contribution in [0.4, 0.5) is 0 Å². The fraction of sp³-hybridized carbons (Fsp3) is 0.143. The molecule has 0 fully saturated rings. The Bertz CT molecular complexity index is 336. The zero-order valence-electron chi connectivity index (χ0n) is 6.03. The lowest BCUT2D eigenvalue weighted by Crippen LogP contribution is -1.79. The molecule has 0 saturated heterocycles. The van der Waals surface area contributed by atoms with Crippen molar-refractivity contribution in [2.24, 2.45) is 0 Å². The van der Waals surface area contributed by atoms with Crippen molar-refractivity contribution in [3.63, 3.8) is 0 Å². The number of aromatic amines is 1. The van der Waals surface area contributed by atoms with E-state index in [0.717, 1.165) is 17.1 Å². The molecule has 0 aliphatic carbocycles. The molecule has 2 heterocycles. The predicted octanol–water partition coefficient (Wildman–Crippen LogP) is 1.37. The Kier molecular flexibility index (Phi) is 1.25. The minimum Gasteiger partial charge on any atom is -0.469 e. The van der Waals surface area contributed by atoms with Crippen LogP contribution >= 0.6 is 0 Å². The van der Waals surface area contributed by atoms with Crippen LogP contribution in [0, 0.1) is 6.92 Å². The molecular weight excluding hydrogens is 142 g/mol. The second kappa shape index (κ2) is 2.23. The van der Waals surface area contributed by atoms with E-state index in [1.807, 2.05) is 13.0 Å². The molecule has 1 N–H and O–H groups in total. The summed E-state index contributed by atoms with van der Waals surface area (Å²) in [5.41, 5.74) is 0.961. The molecule has 4 nitrogen and oxygen atoms in total. The number of aryl methyl sites for hydroxylation is 1. The van der Waals surface area contributed by atoms with Gasteiger partial charge in [-0.05, 0) is 13.0 Å². The third-order valence-electron chi connectivity index (χ3n) is 1.53. The maximum atomic E-state index is 5.10. The Morgan fingerprint density at radius 2 is 2.45 bits per heavy atom. The number of furan rings is 1. The van der Waals surface area contributed by atoms with Crippen LogP contribution in [0.1, 0.15) is 5.76 Å². The van der Waals surface area contributed by atoms with Crippen molar-refractivity contribution in [2.75, 3.05) is 0 Å². The zero-order valence-corrected chi connectivity index (χ0v) is 6.03. The molecule has 0 spiro atoms.